The zero-order valence-corrected chi connectivity index (χ0v) is 14.8. The fraction of sp³-hybridized carbons (Fsp3) is 0.632. The minimum absolute atomic E-state index is 0.114. The van der Waals surface area contributed by atoms with Crippen LogP contribution in [0.4, 0.5) is 16.2 Å². The van der Waals surface area contributed by atoms with E-state index in [4.69, 9.17) is 0 Å². The lowest BCUT2D eigenvalue weighted by atomic mass is 10.0. The first-order valence-corrected chi connectivity index (χ1v) is 8.97. The summed E-state index contributed by atoms with van der Waals surface area (Å²) >= 11 is 0. The van der Waals surface area contributed by atoms with Gasteiger partial charge in [-0.05, 0) is 63.1 Å². The van der Waals surface area contributed by atoms with Crippen molar-refractivity contribution in [1.29, 1.82) is 0 Å². The van der Waals surface area contributed by atoms with Crippen molar-refractivity contribution in [2.45, 2.75) is 58.9 Å². The molecule has 4 nitrogen and oxygen atoms in total. The maximum Gasteiger partial charge on any atom is 0.319 e. The van der Waals surface area contributed by atoms with E-state index in [9.17, 15) is 4.79 Å². The fourth-order valence-corrected chi connectivity index (χ4v) is 2.98. The van der Waals surface area contributed by atoms with Crippen LogP contribution in [0.3, 0.4) is 0 Å². The van der Waals surface area contributed by atoms with Gasteiger partial charge in [-0.25, -0.2) is 4.79 Å². The summed E-state index contributed by atoms with van der Waals surface area (Å²) in [5.74, 6) is 0.670. The Hall–Kier alpha value is -1.71. The molecule has 1 aromatic rings. The Bertz CT molecular complexity index is 495. The average molecular weight is 317 g/mol. The van der Waals surface area contributed by atoms with Crippen molar-refractivity contribution in [3.05, 3.63) is 24.3 Å². The number of anilines is 2. The lowest BCUT2D eigenvalue weighted by molar-refractivity contribution is 0.248. The molecule has 4 heteroatoms. The second-order valence-corrected chi connectivity index (χ2v) is 7.07. The van der Waals surface area contributed by atoms with Crippen molar-refractivity contribution in [1.82, 2.24) is 5.32 Å². The summed E-state index contributed by atoms with van der Waals surface area (Å²) in [5.41, 5.74) is 2.07. The van der Waals surface area contributed by atoms with Crippen LogP contribution in [0.15, 0.2) is 24.3 Å². The van der Waals surface area contributed by atoms with E-state index in [1.807, 2.05) is 12.1 Å². The molecule has 1 aliphatic rings. The van der Waals surface area contributed by atoms with E-state index in [2.05, 4.69) is 48.4 Å². The van der Waals surface area contributed by atoms with Crippen LogP contribution in [0.25, 0.3) is 0 Å². The number of amides is 2. The molecule has 0 radical (unpaired) electrons. The normalized spacial score (nSPS) is 16.3. The molecule has 2 rings (SSSR count). The summed E-state index contributed by atoms with van der Waals surface area (Å²) < 4.78 is 0. The minimum atomic E-state index is -0.114. The summed E-state index contributed by atoms with van der Waals surface area (Å²) in [4.78, 5) is 14.5. The van der Waals surface area contributed by atoms with Crippen LogP contribution in [0.1, 0.15) is 52.9 Å². The van der Waals surface area contributed by atoms with Gasteiger partial charge < -0.3 is 15.5 Å². The molecular formula is C19H31N3O. The first kappa shape index (κ1) is 17.6. The van der Waals surface area contributed by atoms with Crippen LogP contribution in [0, 0.1) is 5.92 Å². The second kappa shape index (κ2) is 8.80. The molecule has 0 bridgehead atoms. The molecule has 1 unspecified atom stereocenters. The smallest absolute Gasteiger partial charge is 0.319 e. The van der Waals surface area contributed by atoms with Gasteiger partial charge in [-0.3, -0.25) is 0 Å². The number of carbonyl (C=O) groups is 1. The van der Waals surface area contributed by atoms with Crippen LogP contribution in [-0.2, 0) is 0 Å². The predicted octanol–water partition coefficient (Wildman–Crippen LogP) is 4.62. The summed E-state index contributed by atoms with van der Waals surface area (Å²) in [6.45, 7) is 8.70. The molecule has 1 aromatic carbocycles. The van der Waals surface area contributed by atoms with Crippen LogP contribution in [-0.4, -0.2) is 25.2 Å². The zero-order valence-electron chi connectivity index (χ0n) is 14.8. The Balaban J connectivity index is 1.85. The summed E-state index contributed by atoms with van der Waals surface area (Å²) in [6, 6.07) is 8.25. The maximum absolute atomic E-state index is 12.1. The first-order chi connectivity index (χ1) is 11.0. The first-order valence-electron chi connectivity index (χ1n) is 8.97. The Morgan fingerprint density at radius 3 is 2.57 bits per heavy atom. The predicted molar refractivity (Wildman–Crippen MR) is 98.2 cm³/mol. The maximum atomic E-state index is 12.1. The van der Waals surface area contributed by atoms with E-state index in [-0.39, 0.29) is 12.1 Å². The van der Waals surface area contributed by atoms with Gasteiger partial charge in [-0.1, -0.05) is 19.9 Å². The quantitative estimate of drug-likeness (QED) is 0.804. The summed E-state index contributed by atoms with van der Waals surface area (Å²) in [6.07, 6.45) is 5.98. The van der Waals surface area contributed by atoms with E-state index in [1.54, 1.807) is 0 Å². The van der Waals surface area contributed by atoms with E-state index in [0.29, 0.717) is 5.92 Å². The van der Waals surface area contributed by atoms with Crippen molar-refractivity contribution in [3.63, 3.8) is 0 Å². The molecule has 1 atom stereocenters. The fourth-order valence-electron chi connectivity index (χ4n) is 2.98. The van der Waals surface area contributed by atoms with E-state index in [0.717, 1.165) is 31.6 Å². The highest BCUT2D eigenvalue weighted by Crippen LogP contribution is 2.23. The molecule has 1 saturated heterocycles. The number of hydrogen-bond acceptors (Lipinski definition) is 2. The third-order valence-corrected chi connectivity index (χ3v) is 4.38. The van der Waals surface area contributed by atoms with E-state index < -0.39 is 0 Å². The van der Waals surface area contributed by atoms with Crippen LogP contribution in [0.5, 0.6) is 0 Å². The van der Waals surface area contributed by atoms with Crippen molar-refractivity contribution in [2.75, 3.05) is 23.3 Å². The van der Waals surface area contributed by atoms with Gasteiger partial charge in [-0.2, -0.15) is 0 Å². The minimum Gasteiger partial charge on any atom is -0.371 e. The molecule has 0 aromatic heterocycles. The molecule has 0 aliphatic carbocycles. The lowest BCUT2D eigenvalue weighted by Gasteiger charge is -2.29. The summed E-state index contributed by atoms with van der Waals surface area (Å²) in [7, 11) is 0. The molecule has 1 fully saturated rings. The van der Waals surface area contributed by atoms with Crippen molar-refractivity contribution < 1.29 is 4.79 Å². The molecule has 2 amide bonds. The highest BCUT2D eigenvalue weighted by Gasteiger charge is 2.12. The molecule has 1 heterocycles. The summed E-state index contributed by atoms with van der Waals surface area (Å²) in [5, 5.41) is 5.98. The molecule has 0 saturated carbocycles. The van der Waals surface area contributed by atoms with E-state index in [1.165, 1.54) is 24.9 Å². The molecule has 128 valence electrons. The SMILES string of the molecule is CC(C)CCC(C)NC(=O)Nc1cccc(N2CCCCC2)c1. The monoisotopic (exact) mass is 317 g/mol. The molecular weight excluding hydrogens is 286 g/mol. The Morgan fingerprint density at radius 1 is 1.13 bits per heavy atom. The van der Waals surface area contributed by atoms with Crippen LogP contribution < -0.4 is 15.5 Å². The third kappa shape index (κ3) is 6.12. The molecule has 1 aliphatic heterocycles. The Labute approximate surface area is 140 Å². The molecule has 0 spiro atoms. The van der Waals surface area contributed by atoms with Crippen molar-refractivity contribution in [3.8, 4) is 0 Å². The number of benzene rings is 1. The second-order valence-electron chi connectivity index (χ2n) is 7.07. The standard InChI is InChI=1S/C19H31N3O/c1-15(2)10-11-16(3)20-19(23)21-17-8-7-9-18(14-17)22-12-5-4-6-13-22/h7-9,14-16H,4-6,10-13H2,1-3H3,(H2,20,21,23). The largest absolute Gasteiger partial charge is 0.371 e. The van der Waals surface area contributed by atoms with Gasteiger partial charge >= 0.3 is 6.03 Å². The van der Waals surface area contributed by atoms with Crippen LogP contribution in [0.2, 0.25) is 0 Å². The van der Waals surface area contributed by atoms with Crippen LogP contribution >= 0.6 is 0 Å². The number of carbonyl (C=O) groups excluding carboxylic acids is 1. The van der Waals surface area contributed by atoms with Gasteiger partial charge in [0, 0.05) is 30.5 Å². The molecule has 2 N–H and O–H groups in total. The van der Waals surface area contributed by atoms with Crippen molar-refractivity contribution >= 4 is 17.4 Å². The number of hydrogen-bond donors (Lipinski definition) is 2. The van der Waals surface area contributed by atoms with Crippen molar-refractivity contribution in [2.24, 2.45) is 5.92 Å². The van der Waals surface area contributed by atoms with Gasteiger partial charge in [0.15, 0.2) is 0 Å². The Morgan fingerprint density at radius 2 is 1.87 bits per heavy atom. The average Bonchev–Trinajstić information content (AvgIpc) is 2.54. The highest BCUT2D eigenvalue weighted by molar-refractivity contribution is 5.90. The van der Waals surface area contributed by atoms with Gasteiger partial charge in [0.1, 0.15) is 0 Å². The lowest BCUT2D eigenvalue weighted by Crippen LogP contribution is -2.36. The topological polar surface area (TPSA) is 44.4 Å². The van der Waals surface area contributed by atoms with Gasteiger partial charge in [0.25, 0.3) is 0 Å². The van der Waals surface area contributed by atoms with E-state index >= 15 is 0 Å². The third-order valence-electron chi connectivity index (χ3n) is 4.38. The van der Waals surface area contributed by atoms with Gasteiger partial charge in [0.2, 0.25) is 0 Å². The number of nitrogens with one attached hydrogen (secondary N) is 2. The van der Waals surface area contributed by atoms with Gasteiger partial charge in [0.05, 0.1) is 0 Å². The number of rotatable bonds is 6. The number of piperidine rings is 1. The highest BCUT2D eigenvalue weighted by atomic mass is 16.2. The van der Waals surface area contributed by atoms with Gasteiger partial charge in [-0.15, -0.1) is 0 Å². The Kier molecular flexibility index (Phi) is 6.75. The number of urea groups is 1. The zero-order chi connectivity index (χ0) is 16.7. The molecule has 23 heavy (non-hydrogen) atoms. The number of nitrogens with zero attached hydrogens (tertiary/aromatic N) is 1.